The van der Waals surface area contributed by atoms with E-state index in [1.54, 1.807) is 19.2 Å². The maximum atomic E-state index is 15.7. The lowest BCUT2D eigenvalue weighted by Crippen LogP contribution is -2.51. The number of amides is 2. The summed E-state index contributed by atoms with van der Waals surface area (Å²) in [6.45, 7) is 3.36. The zero-order valence-electron chi connectivity index (χ0n) is 30.6. The number of nitrogens with two attached hydrogens (primary N) is 2. The maximum Gasteiger partial charge on any atom is 0.261 e. The van der Waals surface area contributed by atoms with Gasteiger partial charge in [-0.05, 0) is 106 Å². The van der Waals surface area contributed by atoms with Gasteiger partial charge in [-0.15, -0.1) is 0 Å². The van der Waals surface area contributed by atoms with Crippen molar-refractivity contribution in [2.24, 2.45) is 17.4 Å². The number of nitrogens with zero attached hydrogens (tertiary/aromatic N) is 6. The molecule has 278 valence electrons. The molecule has 0 spiro atoms. The standard InChI is InChI=1S/C41H49FN8O3/c1-3-28-13-11-26-22-33(48(37(26)46-28)19-9-5-4-7-17-41(42,40(44)52)35-10-6-8-18-45-35)38-47-32-21-27(23-34(53-2)36(32)50(38)29-15-16-29)39(51)49-24-31(43)25-12-14-30(49)20-25/h6,8,10-11,13,18,21-23,25,29-31H,3-5,7,9,12,14-17,19-20,24,43H2,1-2H3,(H2,44,52)/t25-,30?,31+,41+/m1/s1. The average Bonchev–Trinajstić information content (AvgIpc) is 3.64. The number of pyridine rings is 2. The predicted molar refractivity (Wildman–Crippen MR) is 202 cm³/mol. The van der Waals surface area contributed by atoms with Gasteiger partial charge in [0.25, 0.3) is 11.8 Å². The van der Waals surface area contributed by atoms with Gasteiger partial charge in [0.2, 0.25) is 5.67 Å². The highest BCUT2D eigenvalue weighted by atomic mass is 19.1. The highest BCUT2D eigenvalue weighted by molar-refractivity contribution is 6.00. The highest BCUT2D eigenvalue weighted by Gasteiger charge is 2.42. The first kappa shape index (κ1) is 35.2. The van der Waals surface area contributed by atoms with E-state index in [0.717, 1.165) is 97.1 Å². The summed E-state index contributed by atoms with van der Waals surface area (Å²) in [5.74, 6) is 0.952. The minimum absolute atomic E-state index is 0.00624. The predicted octanol–water partition coefficient (Wildman–Crippen LogP) is 6.61. The molecule has 2 saturated carbocycles. The number of likely N-dealkylation sites (tertiary alicyclic amines) is 1. The minimum Gasteiger partial charge on any atom is -0.494 e. The number of fused-ring (bicyclic) bond motifs is 4. The number of carbonyl (C=O) groups is 2. The first-order valence-electron chi connectivity index (χ1n) is 19.3. The first-order chi connectivity index (χ1) is 25.7. The topological polar surface area (TPSA) is 147 Å². The molecule has 1 aliphatic heterocycles. The second-order valence-corrected chi connectivity index (χ2v) is 15.2. The zero-order valence-corrected chi connectivity index (χ0v) is 30.6. The number of methoxy groups -OCH3 is 1. The fourth-order valence-electron chi connectivity index (χ4n) is 8.69. The van der Waals surface area contributed by atoms with Crippen molar-refractivity contribution in [2.45, 2.75) is 108 Å². The van der Waals surface area contributed by atoms with E-state index < -0.39 is 11.6 Å². The van der Waals surface area contributed by atoms with E-state index >= 15 is 4.39 Å². The van der Waals surface area contributed by atoms with E-state index in [-0.39, 0.29) is 36.1 Å². The van der Waals surface area contributed by atoms with Crippen molar-refractivity contribution in [1.82, 2.24) is 29.0 Å². The van der Waals surface area contributed by atoms with Crippen molar-refractivity contribution < 1.29 is 18.7 Å². The van der Waals surface area contributed by atoms with Crippen LogP contribution in [0.5, 0.6) is 5.75 Å². The summed E-state index contributed by atoms with van der Waals surface area (Å²) in [5, 5.41) is 1.03. The van der Waals surface area contributed by atoms with Gasteiger partial charge in [0, 0.05) is 54.1 Å². The third-order valence-electron chi connectivity index (χ3n) is 11.8. The van der Waals surface area contributed by atoms with E-state index in [2.05, 4.69) is 39.2 Å². The fourth-order valence-corrected chi connectivity index (χ4v) is 8.69. The Hall–Kier alpha value is -4.84. The van der Waals surface area contributed by atoms with Crippen molar-refractivity contribution in [2.75, 3.05) is 13.7 Å². The van der Waals surface area contributed by atoms with E-state index in [9.17, 15) is 9.59 Å². The van der Waals surface area contributed by atoms with Crippen LogP contribution in [-0.4, -0.2) is 66.5 Å². The van der Waals surface area contributed by atoms with Gasteiger partial charge in [-0.25, -0.2) is 14.4 Å². The van der Waals surface area contributed by atoms with E-state index in [0.29, 0.717) is 36.7 Å². The van der Waals surface area contributed by atoms with Gasteiger partial charge in [-0.3, -0.25) is 14.6 Å². The number of benzene rings is 1. The Balaban J connectivity index is 1.09. The van der Waals surface area contributed by atoms with E-state index in [1.165, 1.54) is 12.3 Å². The Morgan fingerprint density at radius 2 is 1.81 bits per heavy atom. The molecule has 3 fully saturated rings. The number of aromatic nitrogens is 5. The number of aryl methyl sites for hydroxylation is 2. The number of imidazole rings is 1. The van der Waals surface area contributed by atoms with E-state index in [1.807, 2.05) is 17.0 Å². The van der Waals surface area contributed by atoms with Crippen molar-refractivity contribution in [1.29, 1.82) is 0 Å². The summed E-state index contributed by atoms with van der Waals surface area (Å²) in [7, 11) is 1.66. The number of halogens is 1. The SMILES string of the molecule is CCc1ccc2cc(-c3nc4cc(C(=O)N5C[C@H](N)[C@@H]6CCC5C6)cc(OC)c4n3C3CC3)n(CCCCCC[C@@](F)(C(N)=O)c3ccccn3)c2n1. The van der Waals surface area contributed by atoms with Gasteiger partial charge in [-0.2, -0.15) is 0 Å². The number of hydrogen-bond acceptors (Lipinski definition) is 7. The second-order valence-electron chi connectivity index (χ2n) is 15.2. The number of hydrogen-bond donors (Lipinski definition) is 2. The van der Waals surface area contributed by atoms with Gasteiger partial charge >= 0.3 is 0 Å². The minimum atomic E-state index is -2.29. The van der Waals surface area contributed by atoms with Gasteiger partial charge in [-0.1, -0.05) is 25.8 Å². The van der Waals surface area contributed by atoms with Crippen LogP contribution in [0.15, 0.2) is 54.7 Å². The molecule has 3 aliphatic rings. The van der Waals surface area contributed by atoms with Crippen molar-refractivity contribution in [3.8, 4) is 17.3 Å². The molecule has 12 heteroatoms. The molecule has 2 bridgehead atoms. The Bertz CT molecular complexity index is 2160. The lowest BCUT2D eigenvalue weighted by Gasteiger charge is -2.37. The van der Waals surface area contributed by atoms with Crippen LogP contribution in [0.2, 0.25) is 0 Å². The molecule has 4 atom stereocenters. The van der Waals surface area contributed by atoms with Crippen LogP contribution in [0.1, 0.15) is 98.9 Å². The van der Waals surface area contributed by atoms with Crippen LogP contribution < -0.4 is 16.2 Å². The normalized spacial score (nSPS) is 21.0. The smallest absolute Gasteiger partial charge is 0.261 e. The fraction of sp³-hybridized carbons (Fsp3) is 0.488. The Kier molecular flexibility index (Phi) is 9.42. The number of rotatable bonds is 14. The zero-order chi connectivity index (χ0) is 36.9. The van der Waals surface area contributed by atoms with Crippen LogP contribution in [0.25, 0.3) is 33.6 Å². The summed E-state index contributed by atoms with van der Waals surface area (Å²) in [6, 6.07) is 15.6. The van der Waals surface area contributed by atoms with Gasteiger partial charge < -0.3 is 30.2 Å². The number of carbonyl (C=O) groups excluding carboxylic acids is 2. The number of primary amides is 1. The molecule has 4 N–H and O–H groups in total. The summed E-state index contributed by atoms with van der Waals surface area (Å²) in [4.78, 5) is 42.6. The molecule has 53 heavy (non-hydrogen) atoms. The molecule has 8 rings (SSSR count). The molecule has 5 heterocycles. The summed E-state index contributed by atoms with van der Waals surface area (Å²) in [6.07, 6.45) is 10.3. The molecule has 2 aliphatic carbocycles. The van der Waals surface area contributed by atoms with Gasteiger partial charge in [0.15, 0.2) is 5.82 Å². The summed E-state index contributed by atoms with van der Waals surface area (Å²) in [5.41, 5.74) is 14.8. The van der Waals surface area contributed by atoms with E-state index in [4.69, 9.17) is 26.2 Å². The average molecular weight is 721 g/mol. The molecule has 11 nitrogen and oxygen atoms in total. The molecule has 1 saturated heterocycles. The third-order valence-corrected chi connectivity index (χ3v) is 11.8. The first-order valence-corrected chi connectivity index (χ1v) is 19.3. The van der Waals surface area contributed by atoms with Crippen molar-refractivity contribution >= 4 is 33.9 Å². The Labute approximate surface area is 308 Å². The van der Waals surface area contributed by atoms with Crippen LogP contribution >= 0.6 is 0 Å². The molecule has 1 unspecified atom stereocenters. The highest BCUT2D eigenvalue weighted by Crippen LogP contribution is 2.45. The number of piperidine rings is 1. The molecule has 2 amide bonds. The van der Waals surface area contributed by atoms with Crippen molar-refractivity contribution in [3.05, 3.63) is 71.7 Å². The van der Waals surface area contributed by atoms with Crippen LogP contribution in [0, 0.1) is 5.92 Å². The quantitative estimate of drug-likeness (QED) is 0.123. The number of ether oxygens (including phenoxy) is 1. The number of unbranched alkanes of at least 4 members (excludes halogenated alkanes) is 3. The van der Waals surface area contributed by atoms with Crippen LogP contribution in [0.3, 0.4) is 0 Å². The Morgan fingerprint density at radius 1 is 1.00 bits per heavy atom. The Morgan fingerprint density at radius 3 is 2.55 bits per heavy atom. The molecule has 5 aromatic rings. The lowest BCUT2D eigenvalue weighted by molar-refractivity contribution is -0.131. The molecular formula is C41H49FN8O3. The summed E-state index contributed by atoms with van der Waals surface area (Å²) < 4.78 is 26.3. The maximum absolute atomic E-state index is 15.7. The number of alkyl halides is 1. The summed E-state index contributed by atoms with van der Waals surface area (Å²) >= 11 is 0. The molecular weight excluding hydrogens is 672 g/mol. The van der Waals surface area contributed by atoms with Crippen LogP contribution in [0.4, 0.5) is 4.39 Å². The molecule has 0 radical (unpaired) electrons. The van der Waals surface area contributed by atoms with Gasteiger partial charge in [0.1, 0.15) is 16.9 Å². The molecule has 1 aromatic carbocycles. The largest absolute Gasteiger partial charge is 0.494 e. The lowest BCUT2D eigenvalue weighted by atomic mass is 9.93. The van der Waals surface area contributed by atoms with Gasteiger partial charge in [0.05, 0.1) is 24.0 Å². The third kappa shape index (κ3) is 6.45. The molecule has 4 aromatic heterocycles. The second kappa shape index (κ2) is 14.2. The van der Waals surface area contributed by atoms with Crippen molar-refractivity contribution in [3.63, 3.8) is 0 Å². The van der Waals surface area contributed by atoms with Crippen LogP contribution in [-0.2, 0) is 23.4 Å². The monoisotopic (exact) mass is 720 g/mol.